The maximum Gasteiger partial charge on any atom is 0.225 e. The first kappa shape index (κ1) is 14.6. The van der Waals surface area contributed by atoms with Crippen LogP contribution in [0.25, 0.3) is 0 Å². The molecule has 6 heteroatoms. The van der Waals surface area contributed by atoms with E-state index in [1.165, 1.54) is 11.3 Å². The number of hydrogen-bond donors (Lipinski definition) is 2. The Balaban J connectivity index is 2.23. The van der Waals surface area contributed by atoms with Gasteiger partial charge in [0.2, 0.25) is 5.78 Å². The molecular weight excluding hydrogens is 272 g/mol. The molecule has 106 valence electrons. The van der Waals surface area contributed by atoms with Crippen molar-refractivity contribution in [3.63, 3.8) is 0 Å². The van der Waals surface area contributed by atoms with Crippen LogP contribution in [0.4, 0.5) is 0 Å². The molecule has 0 aromatic carbocycles. The summed E-state index contributed by atoms with van der Waals surface area (Å²) in [5, 5.41) is 13.7. The SMILES string of the molecule is C/C=C\C=C(/C(=N)N1CCNCC1)C(=O)c1nccs1. The molecule has 2 rings (SSSR count). The molecule has 1 fully saturated rings. The highest BCUT2D eigenvalue weighted by atomic mass is 32.1. The molecule has 0 unspecified atom stereocenters. The molecule has 2 N–H and O–H groups in total. The number of allylic oxidation sites excluding steroid dienone is 3. The van der Waals surface area contributed by atoms with Crippen molar-refractivity contribution in [3.05, 3.63) is 40.4 Å². The first-order chi connectivity index (χ1) is 9.74. The van der Waals surface area contributed by atoms with Crippen LogP contribution in [-0.2, 0) is 0 Å². The molecule has 1 saturated heterocycles. The minimum atomic E-state index is -0.179. The Bertz CT molecular complexity index is 527. The van der Waals surface area contributed by atoms with Crippen molar-refractivity contribution in [1.29, 1.82) is 5.41 Å². The second-order valence-corrected chi connectivity index (χ2v) is 5.25. The molecule has 20 heavy (non-hydrogen) atoms. The lowest BCUT2D eigenvalue weighted by Crippen LogP contribution is -2.47. The van der Waals surface area contributed by atoms with Crippen molar-refractivity contribution in [3.8, 4) is 0 Å². The third kappa shape index (κ3) is 3.40. The van der Waals surface area contributed by atoms with Crippen molar-refractivity contribution >= 4 is 23.0 Å². The van der Waals surface area contributed by atoms with E-state index in [4.69, 9.17) is 5.41 Å². The average Bonchev–Trinajstić information content (AvgIpc) is 3.02. The van der Waals surface area contributed by atoms with Gasteiger partial charge in [-0.1, -0.05) is 12.2 Å². The smallest absolute Gasteiger partial charge is 0.225 e. The maximum absolute atomic E-state index is 12.5. The highest BCUT2D eigenvalue weighted by Crippen LogP contribution is 2.14. The zero-order valence-corrected chi connectivity index (χ0v) is 12.2. The number of rotatable bonds is 4. The summed E-state index contributed by atoms with van der Waals surface area (Å²) in [6, 6.07) is 0. The summed E-state index contributed by atoms with van der Waals surface area (Å²) in [7, 11) is 0. The van der Waals surface area contributed by atoms with E-state index < -0.39 is 0 Å². The normalized spacial score (nSPS) is 16.6. The van der Waals surface area contributed by atoms with Crippen LogP contribution in [0.3, 0.4) is 0 Å². The Labute approximate surface area is 122 Å². The number of hydrogen-bond acceptors (Lipinski definition) is 5. The largest absolute Gasteiger partial charge is 0.354 e. The van der Waals surface area contributed by atoms with Crippen LogP contribution in [0, 0.1) is 5.41 Å². The van der Waals surface area contributed by atoms with E-state index in [0.717, 1.165) is 26.2 Å². The summed E-state index contributed by atoms with van der Waals surface area (Å²) in [6.45, 7) is 5.06. The van der Waals surface area contributed by atoms with Gasteiger partial charge in [0, 0.05) is 37.8 Å². The van der Waals surface area contributed by atoms with Crippen molar-refractivity contribution in [2.75, 3.05) is 26.2 Å². The van der Waals surface area contributed by atoms with Gasteiger partial charge in [-0.15, -0.1) is 11.3 Å². The molecule has 0 bridgehead atoms. The maximum atomic E-state index is 12.5. The summed E-state index contributed by atoms with van der Waals surface area (Å²) < 4.78 is 0. The third-order valence-corrected chi connectivity index (χ3v) is 3.79. The number of thiazole rings is 1. The monoisotopic (exact) mass is 290 g/mol. The van der Waals surface area contributed by atoms with Gasteiger partial charge < -0.3 is 10.2 Å². The first-order valence-electron chi connectivity index (χ1n) is 6.55. The minimum Gasteiger partial charge on any atom is -0.354 e. The lowest BCUT2D eigenvalue weighted by Gasteiger charge is -2.30. The Morgan fingerprint density at radius 1 is 1.50 bits per heavy atom. The summed E-state index contributed by atoms with van der Waals surface area (Å²) in [5.74, 6) is 0.103. The predicted molar refractivity (Wildman–Crippen MR) is 81.5 cm³/mol. The van der Waals surface area contributed by atoms with Gasteiger partial charge in [0.1, 0.15) is 5.84 Å². The molecule has 5 nitrogen and oxygen atoms in total. The van der Waals surface area contributed by atoms with Gasteiger partial charge >= 0.3 is 0 Å². The Kier molecular flexibility index (Phi) is 5.20. The molecular formula is C14H18N4OS. The lowest BCUT2D eigenvalue weighted by molar-refractivity contribution is 0.103. The van der Waals surface area contributed by atoms with E-state index in [1.54, 1.807) is 23.7 Å². The number of nitrogens with one attached hydrogen (secondary N) is 2. The second-order valence-electron chi connectivity index (χ2n) is 4.36. The van der Waals surface area contributed by atoms with Crippen LogP contribution in [0.15, 0.2) is 35.4 Å². The van der Waals surface area contributed by atoms with E-state index in [9.17, 15) is 4.79 Å². The fourth-order valence-corrected chi connectivity index (χ4v) is 2.55. The Hall–Kier alpha value is -1.79. The highest BCUT2D eigenvalue weighted by molar-refractivity contribution is 7.11. The van der Waals surface area contributed by atoms with Crippen molar-refractivity contribution < 1.29 is 4.79 Å². The minimum absolute atomic E-state index is 0.179. The number of ketones is 1. The zero-order chi connectivity index (χ0) is 14.4. The molecule has 0 atom stereocenters. The number of carbonyl (C=O) groups is 1. The average molecular weight is 290 g/mol. The number of aromatic nitrogens is 1. The van der Waals surface area contributed by atoms with Gasteiger partial charge in [-0.3, -0.25) is 10.2 Å². The molecule has 0 spiro atoms. The molecule has 0 radical (unpaired) electrons. The quantitative estimate of drug-likeness (QED) is 0.291. The van der Waals surface area contributed by atoms with E-state index >= 15 is 0 Å². The van der Waals surface area contributed by atoms with Gasteiger partial charge in [0.15, 0.2) is 5.01 Å². The third-order valence-electron chi connectivity index (χ3n) is 3.01. The van der Waals surface area contributed by atoms with Crippen LogP contribution < -0.4 is 5.32 Å². The van der Waals surface area contributed by atoms with Gasteiger partial charge in [0.25, 0.3) is 0 Å². The summed E-state index contributed by atoms with van der Waals surface area (Å²) >= 11 is 1.30. The summed E-state index contributed by atoms with van der Waals surface area (Å²) in [6.07, 6.45) is 6.95. The number of carbonyl (C=O) groups excluding carboxylic acids is 1. The molecule has 1 aliphatic heterocycles. The second kappa shape index (κ2) is 7.12. The number of nitrogens with zero attached hydrogens (tertiary/aromatic N) is 2. The predicted octanol–water partition coefficient (Wildman–Crippen LogP) is 1.71. The molecule has 0 amide bonds. The topological polar surface area (TPSA) is 69.1 Å². The van der Waals surface area contributed by atoms with Gasteiger partial charge in [-0.25, -0.2) is 4.98 Å². The molecule has 2 heterocycles. The fourth-order valence-electron chi connectivity index (χ4n) is 1.96. The zero-order valence-electron chi connectivity index (χ0n) is 11.4. The van der Waals surface area contributed by atoms with Gasteiger partial charge in [0.05, 0.1) is 5.57 Å². The fraction of sp³-hybridized carbons (Fsp3) is 0.357. The molecule has 1 aromatic rings. The number of amidine groups is 1. The van der Waals surface area contributed by atoms with Crippen LogP contribution in [-0.4, -0.2) is 47.7 Å². The Morgan fingerprint density at radius 2 is 2.25 bits per heavy atom. The van der Waals surface area contributed by atoms with E-state index in [2.05, 4.69) is 10.3 Å². The summed E-state index contributed by atoms with van der Waals surface area (Å²) in [5.41, 5.74) is 0.403. The standard InChI is InChI=1S/C14H18N4OS/c1-2-3-4-11(12(19)14-17-7-10-20-14)13(15)18-8-5-16-6-9-18/h2-4,7,10,15-16H,5-6,8-9H2,1H3/b3-2-,11-4-,15-13?. The highest BCUT2D eigenvalue weighted by Gasteiger charge is 2.23. The number of piperazine rings is 1. The molecule has 0 saturated carbocycles. The van der Waals surface area contributed by atoms with Crippen LogP contribution in [0.2, 0.25) is 0 Å². The van der Waals surface area contributed by atoms with Crippen molar-refractivity contribution in [2.24, 2.45) is 0 Å². The first-order valence-corrected chi connectivity index (χ1v) is 7.43. The van der Waals surface area contributed by atoms with E-state index in [-0.39, 0.29) is 11.6 Å². The molecule has 1 aromatic heterocycles. The molecule has 0 aliphatic carbocycles. The molecule has 1 aliphatic rings. The van der Waals surface area contributed by atoms with E-state index in [1.807, 2.05) is 17.9 Å². The van der Waals surface area contributed by atoms with Crippen molar-refractivity contribution in [1.82, 2.24) is 15.2 Å². The lowest BCUT2D eigenvalue weighted by atomic mass is 10.1. The number of Topliss-reactive ketones (excluding diaryl/α,β-unsaturated/α-hetero) is 1. The van der Waals surface area contributed by atoms with Crippen LogP contribution in [0.5, 0.6) is 0 Å². The van der Waals surface area contributed by atoms with Crippen molar-refractivity contribution in [2.45, 2.75) is 6.92 Å². The van der Waals surface area contributed by atoms with Crippen LogP contribution in [0.1, 0.15) is 16.7 Å². The van der Waals surface area contributed by atoms with E-state index in [0.29, 0.717) is 10.6 Å². The van der Waals surface area contributed by atoms with Gasteiger partial charge in [-0.2, -0.15) is 0 Å². The summed E-state index contributed by atoms with van der Waals surface area (Å²) in [4.78, 5) is 18.4. The van der Waals surface area contributed by atoms with Gasteiger partial charge in [-0.05, 0) is 13.0 Å². The Morgan fingerprint density at radius 3 is 2.85 bits per heavy atom. The van der Waals surface area contributed by atoms with Crippen LogP contribution >= 0.6 is 11.3 Å².